The van der Waals surface area contributed by atoms with Crippen molar-refractivity contribution in [2.75, 3.05) is 9.80 Å². The van der Waals surface area contributed by atoms with Crippen LogP contribution in [0.1, 0.15) is 40.1 Å². The lowest BCUT2D eigenvalue weighted by molar-refractivity contribution is 0.770. The van der Waals surface area contributed by atoms with Crippen molar-refractivity contribution in [3.05, 3.63) is 410 Å². The third-order valence-corrected chi connectivity index (χ3v) is 20.8. The molecule has 2 aliphatic heterocycles. The van der Waals surface area contributed by atoms with Crippen LogP contribution in [0.4, 0.5) is 34.1 Å². The first kappa shape index (κ1) is 46.2. The van der Waals surface area contributed by atoms with Crippen molar-refractivity contribution >= 4 is 79.0 Å². The predicted octanol–water partition coefficient (Wildman–Crippen LogP) is 23.2. The quantitative estimate of drug-likeness (QED) is 0.120. The number of fused-ring (bicyclic) bond motifs is 10. The maximum atomic E-state index is 10.2. The van der Waals surface area contributed by atoms with E-state index in [4.69, 9.17) is 1.37 Å². The van der Waals surface area contributed by atoms with Gasteiger partial charge < -0.3 is 14.4 Å². The van der Waals surface area contributed by atoms with Crippen molar-refractivity contribution in [1.82, 2.24) is 4.57 Å². The van der Waals surface area contributed by atoms with Gasteiger partial charge in [0.25, 0.3) is 6.71 Å². The first-order valence-corrected chi connectivity index (χ1v) is 34.0. The minimum absolute atomic E-state index is 0.0170. The highest BCUT2D eigenvalue weighted by Gasteiger charge is 2.49. The molecule has 3 nitrogen and oxygen atoms in total. The molecule has 0 amide bonds. The van der Waals surface area contributed by atoms with Gasteiger partial charge in [-0.15, -0.1) is 0 Å². The largest absolute Gasteiger partial charge is 0.310 e. The van der Waals surface area contributed by atoms with E-state index < -0.39 is 78.6 Å². The van der Waals surface area contributed by atoms with Crippen LogP contribution in [-0.4, -0.2) is 11.3 Å². The Morgan fingerprint density at radius 1 is 0.277 bits per heavy atom. The summed E-state index contributed by atoms with van der Waals surface area (Å²) in [5.41, 5.74) is 21.1. The number of aromatic nitrogens is 1. The molecular formula is C97H64BN3. The maximum Gasteiger partial charge on any atom is 0.252 e. The van der Waals surface area contributed by atoms with Crippen LogP contribution >= 0.6 is 0 Å². The van der Waals surface area contributed by atoms with Gasteiger partial charge in [-0.3, -0.25) is 0 Å². The molecule has 0 bridgehead atoms. The second-order valence-electron chi connectivity index (χ2n) is 26.0. The summed E-state index contributed by atoms with van der Waals surface area (Å²) in [6.07, 6.45) is 0. The van der Waals surface area contributed by atoms with Crippen molar-refractivity contribution < 1.29 is 17.8 Å². The van der Waals surface area contributed by atoms with Gasteiger partial charge in [0, 0.05) is 55.8 Å². The van der Waals surface area contributed by atoms with E-state index in [0.717, 1.165) is 117 Å². The Hall–Kier alpha value is -13.0. The zero-order valence-corrected chi connectivity index (χ0v) is 54.4. The highest BCUT2D eigenvalue weighted by molar-refractivity contribution is 7.00. The molecule has 0 fully saturated rings. The summed E-state index contributed by atoms with van der Waals surface area (Å²) in [7, 11) is 0. The molecule has 0 atom stereocenters. The lowest BCUT2D eigenvalue weighted by atomic mass is 9.33. The predicted molar refractivity (Wildman–Crippen MR) is 425 cm³/mol. The van der Waals surface area contributed by atoms with Crippen LogP contribution in [0.25, 0.3) is 105 Å². The Kier molecular flexibility index (Phi) is 10.8. The van der Waals surface area contributed by atoms with Crippen LogP contribution in [0.15, 0.2) is 388 Å². The van der Waals surface area contributed by atoms with Crippen LogP contribution in [-0.2, 0) is 5.41 Å². The summed E-state index contributed by atoms with van der Waals surface area (Å²) in [4.78, 5) is 4.57. The number of nitrogens with zero attached hydrogens (tertiary/aromatic N) is 3. The zero-order chi connectivity index (χ0) is 77.9. The van der Waals surface area contributed by atoms with Gasteiger partial charge in [0.05, 0.1) is 51.3 Å². The molecule has 470 valence electrons. The van der Waals surface area contributed by atoms with E-state index in [-0.39, 0.29) is 45.1 Å². The molecule has 3 heterocycles. The number of anilines is 6. The first-order valence-electron chi connectivity index (χ1n) is 40.5. The molecule has 0 unspecified atom stereocenters. The van der Waals surface area contributed by atoms with E-state index in [1.807, 2.05) is 109 Å². The molecule has 17 aromatic rings. The van der Waals surface area contributed by atoms with E-state index in [9.17, 15) is 16.4 Å². The first-order chi connectivity index (χ1) is 55.6. The lowest BCUT2D eigenvalue weighted by Gasteiger charge is -2.46. The van der Waals surface area contributed by atoms with Gasteiger partial charge in [0.2, 0.25) is 0 Å². The summed E-state index contributed by atoms with van der Waals surface area (Å²) in [6.45, 7) is -0.806. The van der Waals surface area contributed by atoms with Crippen LogP contribution in [0, 0.1) is 0 Å². The molecule has 16 aromatic carbocycles. The lowest BCUT2D eigenvalue weighted by Crippen LogP contribution is -2.61. The van der Waals surface area contributed by atoms with E-state index >= 15 is 0 Å². The van der Waals surface area contributed by atoms with Gasteiger partial charge in [0.1, 0.15) is 0 Å². The second kappa shape index (κ2) is 23.6. The fourth-order valence-corrected chi connectivity index (χ4v) is 16.7. The standard InChI is InChI=1S/C97H64BN3/c1-8-31-65(32-9-1)70-58-60-89-86(61-70)98-85-59-57-71(75-48-28-53-83-80-45-22-25-54-84(80)97(93(75)83,72-41-18-6-19-42-72)73-43-20-7-21-44-73)62-90(85)101(96-78(68-37-14-4-15-38-68)51-30-52-79(96)69-39-16-5-17-40-69)92-64-74(99-87-55-26-23-46-81(87)82-47-24-27-56-88(82)99)63-91(94(92)98)100(89)95-76(66-33-10-2-11-34-66)49-29-50-77(95)67-35-12-3-13-36-67/h1-64H/i1D,8D,9D,23D,24D,26D,27D,31D,32D,46D,47D,55D,56D. The number of para-hydroxylation sites is 4. The maximum absolute atomic E-state index is 10.2. The van der Waals surface area contributed by atoms with Gasteiger partial charge in [-0.05, 0) is 131 Å². The number of rotatable bonds is 11. The topological polar surface area (TPSA) is 11.4 Å². The van der Waals surface area contributed by atoms with E-state index in [1.165, 1.54) is 0 Å². The normalized spacial score (nSPS) is 14.8. The third kappa shape index (κ3) is 9.02. The molecule has 0 radical (unpaired) electrons. The van der Waals surface area contributed by atoms with Gasteiger partial charge in [0.15, 0.2) is 0 Å². The fraction of sp³-hybridized carbons (Fsp3) is 0.0103. The summed E-state index contributed by atoms with van der Waals surface area (Å²) >= 11 is 0. The Morgan fingerprint density at radius 2 is 0.703 bits per heavy atom. The molecule has 0 N–H and O–H groups in total. The SMILES string of the molecule is [2H]c1c([2H])c([2H])c(-c2ccc3c(c2)B2c4ccc(-c5cccc6c5C(c5ccccc5)(c5ccccc5)c5ccccc5-6)cc4N(c4c(-c5ccccc5)cccc4-c4ccccc4)c4cc(-n5c6c([2H])c([2H])c([2H])c([2H])c6c6c([2H])c([2H])c([2H])c([2H])c65)cc(c42)N3c2c(-c3ccccc3)cccc2-c2ccccc2)c([2H])c1[2H]. The summed E-state index contributed by atoms with van der Waals surface area (Å²) < 4.78 is 126. The molecule has 101 heavy (non-hydrogen) atoms. The monoisotopic (exact) mass is 1290 g/mol. The Morgan fingerprint density at radius 3 is 1.23 bits per heavy atom. The molecule has 0 spiro atoms. The van der Waals surface area contributed by atoms with Gasteiger partial charge in [-0.1, -0.05) is 352 Å². The highest BCUT2D eigenvalue weighted by Crippen LogP contribution is 2.60. The van der Waals surface area contributed by atoms with Crippen molar-refractivity contribution in [2.45, 2.75) is 5.41 Å². The molecule has 3 aliphatic rings. The Labute approximate surface area is 607 Å². The molecule has 1 aliphatic carbocycles. The molecule has 0 saturated carbocycles. The van der Waals surface area contributed by atoms with Crippen LogP contribution < -0.4 is 26.2 Å². The molecule has 0 saturated heterocycles. The smallest absolute Gasteiger partial charge is 0.252 e. The van der Waals surface area contributed by atoms with Crippen LogP contribution in [0.5, 0.6) is 0 Å². The number of hydrogen-bond acceptors (Lipinski definition) is 2. The average Bonchev–Trinajstić information content (AvgIpc) is 1.27. The summed E-state index contributed by atoms with van der Waals surface area (Å²) in [5, 5.41) is -0.162. The second-order valence-corrected chi connectivity index (χ2v) is 26.0. The van der Waals surface area contributed by atoms with E-state index in [1.54, 1.807) is 4.57 Å². The molecular weight excluding hydrogens is 1220 g/mol. The van der Waals surface area contributed by atoms with Crippen molar-refractivity contribution in [3.63, 3.8) is 0 Å². The summed E-state index contributed by atoms with van der Waals surface area (Å²) in [6, 6.07) is 100. The average molecular weight is 1300 g/mol. The van der Waals surface area contributed by atoms with Gasteiger partial charge in [-0.25, -0.2) is 0 Å². The molecule has 1 aromatic heterocycles. The van der Waals surface area contributed by atoms with Crippen molar-refractivity contribution in [1.29, 1.82) is 0 Å². The van der Waals surface area contributed by atoms with E-state index in [0.29, 0.717) is 28.1 Å². The fourth-order valence-electron chi connectivity index (χ4n) is 16.7. The minimum Gasteiger partial charge on any atom is -0.310 e. The summed E-state index contributed by atoms with van der Waals surface area (Å²) in [5.74, 6) is 0. The van der Waals surface area contributed by atoms with Crippen LogP contribution in [0.3, 0.4) is 0 Å². The van der Waals surface area contributed by atoms with E-state index in [2.05, 4.69) is 210 Å². The molecule has 4 heteroatoms. The highest BCUT2D eigenvalue weighted by atomic mass is 15.2. The Bertz CT molecular complexity index is 6650. The minimum atomic E-state index is -0.857. The third-order valence-electron chi connectivity index (χ3n) is 20.8. The number of hydrogen-bond donors (Lipinski definition) is 0. The number of benzene rings is 16. The zero-order valence-electron chi connectivity index (χ0n) is 67.4. The van der Waals surface area contributed by atoms with Crippen molar-refractivity contribution in [2.24, 2.45) is 0 Å². The van der Waals surface area contributed by atoms with Gasteiger partial charge >= 0.3 is 0 Å². The van der Waals surface area contributed by atoms with Gasteiger partial charge in [-0.2, -0.15) is 0 Å². The van der Waals surface area contributed by atoms with Crippen LogP contribution in [0.2, 0.25) is 0 Å². The van der Waals surface area contributed by atoms with Crippen molar-refractivity contribution in [3.8, 4) is 83.6 Å². The molecule has 20 rings (SSSR count). The Balaban J connectivity index is 1.01.